The van der Waals surface area contributed by atoms with Gasteiger partial charge in [0.1, 0.15) is 11.7 Å². The van der Waals surface area contributed by atoms with Gasteiger partial charge >= 0.3 is 0 Å². The first-order valence-corrected chi connectivity index (χ1v) is 6.13. The van der Waals surface area contributed by atoms with Crippen LogP contribution in [0, 0.1) is 0 Å². The molecule has 0 bridgehead atoms. The van der Waals surface area contributed by atoms with Crippen LogP contribution in [0.25, 0.3) is 0 Å². The molecule has 1 aliphatic heterocycles. The lowest BCUT2D eigenvalue weighted by molar-refractivity contribution is -0.117. The van der Waals surface area contributed by atoms with E-state index < -0.39 is 6.04 Å². The van der Waals surface area contributed by atoms with E-state index in [9.17, 15) is 4.79 Å². The Morgan fingerprint density at radius 2 is 2.35 bits per heavy atom. The van der Waals surface area contributed by atoms with Crippen LogP contribution in [0.1, 0.15) is 10.9 Å². The predicted molar refractivity (Wildman–Crippen MR) is 66.4 cm³/mol. The molecule has 3 heterocycles. The van der Waals surface area contributed by atoms with Crippen molar-refractivity contribution in [3.8, 4) is 0 Å². The number of amides is 1. The van der Waals surface area contributed by atoms with Crippen molar-refractivity contribution < 1.29 is 4.79 Å². The molecule has 0 aromatic carbocycles. The van der Waals surface area contributed by atoms with Crippen molar-refractivity contribution in [2.45, 2.75) is 6.04 Å². The Morgan fingerprint density at radius 3 is 3.12 bits per heavy atom. The number of fused-ring (bicyclic) bond motifs is 1. The van der Waals surface area contributed by atoms with E-state index in [1.165, 1.54) is 17.5 Å². The summed E-state index contributed by atoms with van der Waals surface area (Å²) in [6.45, 7) is 0. The fourth-order valence-electron chi connectivity index (χ4n) is 1.62. The Hall–Kier alpha value is -1.66. The zero-order valence-electron chi connectivity index (χ0n) is 8.48. The molecule has 86 valence electrons. The summed E-state index contributed by atoms with van der Waals surface area (Å²) in [5.74, 6) is 0.425. The average Bonchev–Trinajstić information content (AvgIpc) is 2.82. The van der Waals surface area contributed by atoms with Gasteiger partial charge in [-0.2, -0.15) is 4.98 Å². The molecule has 5 nitrogen and oxygen atoms in total. The first kappa shape index (κ1) is 10.5. The fraction of sp³-hybridized carbons (Fsp3) is 0.100. The Morgan fingerprint density at radius 1 is 1.47 bits per heavy atom. The van der Waals surface area contributed by atoms with Crippen molar-refractivity contribution in [2.75, 3.05) is 10.6 Å². The maximum absolute atomic E-state index is 11.9. The summed E-state index contributed by atoms with van der Waals surface area (Å²) in [6, 6.07) is 3.38. The average molecular weight is 267 g/mol. The normalized spacial score (nSPS) is 18.2. The van der Waals surface area contributed by atoms with Crippen LogP contribution >= 0.6 is 22.9 Å². The highest BCUT2D eigenvalue weighted by molar-refractivity contribution is 7.10. The van der Waals surface area contributed by atoms with E-state index in [0.717, 1.165) is 4.88 Å². The topological polar surface area (TPSA) is 66.9 Å². The highest BCUT2D eigenvalue weighted by Crippen LogP contribution is 2.32. The maximum atomic E-state index is 11.9. The van der Waals surface area contributed by atoms with Gasteiger partial charge in [0.05, 0.1) is 6.20 Å². The van der Waals surface area contributed by atoms with Gasteiger partial charge in [0.2, 0.25) is 5.28 Å². The van der Waals surface area contributed by atoms with Crippen LogP contribution in [0.5, 0.6) is 0 Å². The van der Waals surface area contributed by atoms with Gasteiger partial charge in [0, 0.05) is 4.88 Å². The Bertz CT molecular complexity index is 572. The van der Waals surface area contributed by atoms with Crippen molar-refractivity contribution in [2.24, 2.45) is 0 Å². The van der Waals surface area contributed by atoms with Crippen LogP contribution in [-0.2, 0) is 4.79 Å². The SMILES string of the molecule is O=C1Nc2cnc(Cl)nc2NC1c1cccs1. The largest absolute Gasteiger partial charge is 0.352 e. The zero-order chi connectivity index (χ0) is 11.8. The Kier molecular flexibility index (Phi) is 2.45. The molecule has 17 heavy (non-hydrogen) atoms. The number of hydrogen-bond donors (Lipinski definition) is 2. The molecule has 1 aliphatic rings. The van der Waals surface area contributed by atoms with Crippen LogP contribution in [0.3, 0.4) is 0 Å². The number of carbonyl (C=O) groups is 1. The van der Waals surface area contributed by atoms with Gasteiger partial charge in [-0.15, -0.1) is 11.3 Å². The summed E-state index contributed by atoms with van der Waals surface area (Å²) in [5.41, 5.74) is 0.548. The number of anilines is 2. The summed E-state index contributed by atoms with van der Waals surface area (Å²) in [4.78, 5) is 20.7. The minimum atomic E-state index is -0.423. The molecule has 7 heteroatoms. The molecule has 0 aliphatic carbocycles. The highest BCUT2D eigenvalue weighted by atomic mass is 35.5. The van der Waals surface area contributed by atoms with Gasteiger partial charge in [0.15, 0.2) is 5.82 Å². The first-order chi connectivity index (χ1) is 8.24. The van der Waals surface area contributed by atoms with E-state index >= 15 is 0 Å². The summed E-state index contributed by atoms with van der Waals surface area (Å²) >= 11 is 7.23. The third-order valence-electron chi connectivity index (χ3n) is 2.39. The standard InChI is InChI=1S/C10H7ClN4OS/c11-10-12-4-5-8(15-10)14-7(9(16)13-5)6-2-1-3-17-6/h1-4,7H,(H,13,16)(H,12,14,15). The van der Waals surface area contributed by atoms with Crippen LogP contribution in [0.2, 0.25) is 5.28 Å². The second kappa shape index (κ2) is 3.97. The molecule has 1 unspecified atom stereocenters. The van der Waals surface area contributed by atoms with Crippen LogP contribution in [0.15, 0.2) is 23.7 Å². The van der Waals surface area contributed by atoms with Crippen molar-refractivity contribution in [1.29, 1.82) is 0 Å². The van der Waals surface area contributed by atoms with Crippen molar-refractivity contribution >= 4 is 40.4 Å². The summed E-state index contributed by atoms with van der Waals surface area (Å²) < 4.78 is 0. The Labute approximate surface area is 106 Å². The molecule has 2 N–H and O–H groups in total. The van der Waals surface area contributed by atoms with Crippen molar-refractivity contribution in [3.05, 3.63) is 33.9 Å². The lowest BCUT2D eigenvalue weighted by atomic mass is 10.2. The van der Waals surface area contributed by atoms with E-state index in [2.05, 4.69) is 20.6 Å². The number of halogens is 1. The number of rotatable bonds is 1. The zero-order valence-corrected chi connectivity index (χ0v) is 10.0. The molecule has 0 spiro atoms. The number of carbonyl (C=O) groups excluding carboxylic acids is 1. The quantitative estimate of drug-likeness (QED) is 0.777. The molecule has 3 rings (SSSR count). The molecular weight excluding hydrogens is 260 g/mol. The van der Waals surface area contributed by atoms with Gasteiger partial charge in [-0.1, -0.05) is 6.07 Å². The molecule has 0 fully saturated rings. The molecule has 0 saturated carbocycles. The third-order valence-corrected chi connectivity index (χ3v) is 3.51. The number of thiophene rings is 1. The van der Waals surface area contributed by atoms with Crippen LogP contribution in [0.4, 0.5) is 11.5 Å². The van der Waals surface area contributed by atoms with Gasteiger partial charge < -0.3 is 10.6 Å². The van der Waals surface area contributed by atoms with Gasteiger partial charge in [-0.3, -0.25) is 4.79 Å². The summed E-state index contributed by atoms with van der Waals surface area (Å²) in [7, 11) is 0. The van der Waals surface area contributed by atoms with Crippen molar-refractivity contribution in [1.82, 2.24) is 9.97 Å². The molecule has 1 atom stereocenters. The number of nitrogens with one attached hydrogen (secondary N) is 2. The Balaban J connectivity index is 1.99. The van der Waals surface area contributed by atoms with Crippen molar-refractivity contribution in [3.63, 3.8) is 0 Å². The van der Waals surface area contributed by atoms with E-state index in [0.29, 0.717) is 11.5 Å². The summed E-state index contributed by atoms with van der Waals surface area (Å²) in [6.07, 6.45) is 1.49. The maximum Gasteiger partial charge on any atom is 0.252 e. The highest BCUT2D eigenvalue weighted by Gasteiger charge is 2.28. The molecule has 2 aromatic heterocycles. The second-order valence-corrected chi connectivity index (χ2v) is 4.80. The first-order valence-electron chi connectivity index (χ1n) is 4.87. The lowest BCUT2D eigenvalue weighted by Gasteiger charge is -2.24. The minimum absolute atomic E-state index is 0.120. The number of aromatic nitrogens is 2. The van der Waals surface area contributed by atoms with E-state index in [1.807, 2.05) is 17.5 Å². The summed E-state index contributed by atoms with van der Waals surface area (Å²) in [5, 5.41) is 7.87. The molecule has 0 saturated heterocycles. The number of nitrogens with zero attached hydrogens (tertiary/aromatic N) is 2. The van der Waals surface area contributed by atoms with Gasteiger partial charge in [-0.25, -0.2) is 4.98 Å². The number of hydrogen-bond acceptors (Lipinski definition) is 5. The molecular formula is C10H7ClN4OS. The second-order valence-electron chi connectivity index (χ2n) is 3.48. The molecule has 2 aromatic rings. The van der Waals surface area contributed by atoms with Gasteiger partial charge in [0.25, 0.3) is 5.91 Å². The van der Waals surface area contributed by atoms with E-state index in [1.54, 1.807) is 0 Å². The molecule has 1 amide bonds. The van der Waals surface area contributed by atoms with Gasteiger partial charge in [-0.05, 0) is 23.0 Å². The van der Waals surface area contributed by atoms with E-state index in [4.69, 9.17) is 11.6 Å². The predicted octanol–water partition coefficient (Wildman–Crippen LogP) is 2.30. The smallest absolute Gasteiger partial charge is 0.252 e. The van der Waals surface area contributed by atoms with Crippen LogP contribution < -0.4 is 10.6 Å². The van der Waals surface area contributed by atoms with Crippen LogP contribution in [-0.4, -0.2) is 15.9 Å². The molecule has 0 radical (unpaired) electrons. The monoisotopic (exact) mass is 266 g/mol. The fourth-order valence-corrected chi connectivity index (χ4v) is 2.53. The third kappa shape index (κ3) is 1.85. The lowest BCUT2D eigenvalue weighted by Crippen LogP contribution is -2.32. The minimum Gasteiger partial charge on any atom is -0.352 e. The van der Waals surface area contributed by atoms with E-state index in [-0.39, 0.29) is 11.2 Å².